The Morgan fingerprint density at radius 1 is 0.867 bits per heavy atom. The fourth-order valence-electron chi connectivity index (χ4n) is 2.66. The minimum Gasteiger partial charge on any atom is -0.478 e. The van der Waals surface area contributed by atoms with Crippen LogP contribution < -0.4 is 10.1 Å². The van der Waals surface area contributed by atoms with Gasteiger partial charge in [-0.2, -0.15) is 0 Å². The third-order valence-corrected chi connectivity index (χ3v) is 4.11. The van der Waals surface area contributed by atoms with Crippen LogP contribution in [-0.4, -0.2) is 24.8 Å². The second kappa shape index (κ2) is 9.99. The Morgan fingerprint density at radius 2 is 1.57 bits per heavy atom. The Hall–Kier alpha value is -3.98. The number of carbonyl (C=O) groups excluding carboxylic acids is 2. The molecule has 6 heteroatoms. The van der Waals surface area contributed by atoms with Crippen LogP contribution in [0.1, 0.15) is 26.3 Å². The number of halogens is 2. The lowest BCUT2D eigenvalue weighted by Gasteiger charge is -2.08. The zero-order valence-electron chi connectivity index (χ0n) is 15.8. The molecular formula is C24H17F2NO3. The van der Waals surface area contributed by atoms with E-state index in [2.05, 4.69) is 17.2 Å². The molecule has 0 heterocycles. The highest BCUT2D eigenvalue weighted by molar-refractivity contribution is 6.15. The van der Waals surface area contributed by atoms with E-state index in [0.29, 0.717) is 11.1 Å². The lowest BCUT2D eigenvalue weighted by Crippen LogP contribution is -2.25. The van der Waals surface area contributed by atoms with Gasteiger partial charge in [0.15, 0.2) is 17.3 Å². The summed E-state index contributed by atoms with van der Waals surface area (Å²) in [6.45, 7) is -0.108. The Labute approximate surface area is 172 Å². The molecule has 3 aromatic rings. The van der Waals surface area contributed by atoms with Crippen LogP contribution in [0.3, 0.4) is 0 Å². The standard InChI is InChI=1S/C24H17F2NO3/c25-18-12-13-22(21(26)16-18)30-15-7-6-14-27-24(29)20-11-5-4-10-19(20)23(28)17-8-2-1-3-9-17/h1-5,8-13,16H,14-15H2,(H,27,29). The Bertz CT molecular complexity index is 1120. The SMILES string of the molecule is O=C(NCC#CCOc1ccc(F)cc1F)c1ccccc1C(=O)c1ccccc1. The Kier molecular flexibility index (Phi) is 6.91. The summed E-state index contributed by atoms with van der Waals surface area (Å²) in [4.78, 5) is 25.2. The highest BCUT2D eigenvalue weighted by Crippen LogP contribution is 2.17. The number of ketones is 1. The van der Waals surface area contributed by atoms with Crippen LogP contribution in [0.5, 0.6) is 5.75 Å². The molecule has 4 nitrogen and oxygen atoms in total. The fourth-order valence-corrected chi connectivity index (χ4v) is 2.66. The van der Waals surface area contributed by atoms with Crippen molar-refractivity contribution in [2.24, 2.45) is 0 Å². The predicted molar refractivity (Wildman–Crippen MR) is 108 cm³/mol. The van der Waals surface area contributed by atoms with E-state index in [9.17, 15) is 18.4 Å². The van der Waals surface area contributed by atoms with Gasteiger partial charge in [0.2, 0.25) is 0 Å². The molecule has 0 aliphatic heterocycles. The van der Waals surface area contributed by atoms with Crippen molar-refractivity contribution in [2.75, 3.05) is 13.2 Å². The van der Waals surface area contributed by atoms with Crippen molar-refractivity contribution in [1.29, 1.82) is 0 Å². The van der Waals surface area contributed by atoms with Crippen LogP contribution >= 0.6 is 0 Å². The van der Waals surface area contributed by atoms with E-state index in [-0.39, 0.29) is 30.2 Å². The van der Waals surface area contributed by atoms with Crippen LogP contribution in [0.15, 0.2) is 72.8 Å². The number of hydrogen-bond donors (Lipinski definition) is 1. The summed E-state index contributed by atoms with van der Waals surface area (Å²) in [6.07, 6.45) is 0. The van der Waals surface area contributed by atoms with Crippen molar-refractivity contribution in [2.45, 2.75) is 0 Å². The number of amides is 1. The minimum absolute atomic E-state index is 0.0158. The number of carbonyl (C=O) groups is 2. The second-order valence-corrected chi connectivity index (χ2v) is 6.14. The quantitative estimate of drug-likeness (QED) is 0.498. The van der Waals surface area contributed by atoms with E-state index in [0.717, 1.165) is 12.1 Å². The molecule has 0 aliphatic carbocycles. The first kappa shape index (κ1) is 20.7. The van der Waals surface area contributed by atoms with Gasteiger partial charge in [0.25, 0.3) is 5.91 Å². The molecule has 0 atom stereocenters. The van der Waals surface area contributed by atoms with Gasteiger partial charge >= 0.3 is 0 Å². The smallest absolute Gasteiger partial charge is 0.252 e. The van der Waals surface area contributed by atoms with E-state index < -0.39 is 17.5 Å². The summed E-state index contributed by atoms with van der Waals surface area (Å²) in [5.41, 5.74) is 1.03. The number of rotatable bonds is 6. The molecule has 30 heavy (non-hydrogen) atoms. The summed E-state index contributed by atoms with van der Waals surface area (Å²) in [5, 5.41) is 2.62. The van der Waals surface area contributed by atoms with Crippen molar-refractivity contribution in [3.8, 4) is 17.6 Å². The van der Waals surface area contributed by atoms with Crippen LogP contribution in [0.4, 0.5) is 8.78 Å². The topological polar surface area (TPSA) is 55.4 Å². The lowest BCUT2D eigenvalue weighted by molar-refractivity contribution is 0.0946. The maximum Gasteiger partial charge on any atom is 0.252 e. The molecule has 1 amide bonds. The van der Waals surface area contributed by atoms with E-state index in [1.54, 1.807) is 48.5 Å². The van der Waals surface area contributed by atoms with E-state index in [1.807, 2.05) is 6.07 Å². The van der Waals surface area contributed by atoms with Crippen LogP contribution in [0.25, 0.3) is 0 Å². The van der Waals surface area contributed by atoms with Crippen LogP contribution in [0.2, 0.25) is 0 Å². The third-order valence-electron chi connectivity index (χ3n) is 4.11. The molecular weight excluding hydrogens is 388 g/mol. The Balaban J connectivity index is 1.57. The van der Waals surface area contributed by atoms with Gasteiger partial charge in [-0.05, 0) is 18.2 Å². The van der Waals surface area contributed by atoms with E-state index >= 15 is 0 Å². The van der Waals surface area contributed by atoms with Crippen molar-refractivity contribution < 1.29 is 23.1 Å². The lowest BCUT2D eigenvalue weighted by atomic mass is 9.98. The average molecular weight is 405 g/mol. The summed E-state index contributed by atoms with van der Waals surface area (Å²) in [5.74, 6) is 3.01. The number of benzene rings is 3. The maximum absolute atomic E-state index is 13.4. The van der Waals surface area contributed by atoms with E-state index in [1.165, 1.54) is 6.07 Å². The van der Waals surface area contributed by atoms with Crippen molar-refractivity contribution in [3.63, 3.8) is 0 Å². The molecule has 0 spiro atoms. The van der Waals surface area contributed by atoms with Gasteiger partial charge in [-0.25, -0.2) is 8.78 Å². The molecule has 150 valence electrons. The maximum atomic E-state index is 13.4. The predicted octanol–water partition coefficient (Wildman–Crippen LogP) is 4.01. The number of ether oxygens (including phenoxy) is 1. The molecule has 1 N–H and O–H groups in total. The van der Waals surface area contributed by atoms with Crippen molar-refractivity contribution in [1.82, 2.24) is 5.32 Å². The molecule has 3 aromatic carbocycles. The molecule has 0 saturated heterocycles. The second-order valence-electron chi connectivity index (χ2n) is 6.14. The van der Waals surface area contributed by atoms with Gasteiger partial charge < -0.3 is 10.1 Å². The van der Waals surface area contributed by atoms with Crippen molar-refractivity contribution in [3.05, 3.63) is 101 Å². The Morgan fingerprint density at radius 3 is 2.30 bits per heavy atom. The molecule has 0 saturated carbocycles. The summed E-state index contributed by atoms with van der Waals surface area (Å²) in [6, 6.07) is 18.2. The van der Waals surface area contributed by atoms with Gasteiger partial charge in [0.05, 0.1) is 12.1 Å². The molecule has 0 aromatic heterocycles. The zero-order chi connectivity index (χ0) is 21.3. The molecule has 0 fully saturated rings. The zero-order valence-corrected chi connectivity index (χ0v) is 15.8. The van der Waals surface area contributed by atoms with Crippen LogP contribution in [-0.2, 0) is 0 Å². The van der Waals surface area contributed by atoms with Gasteiger partial charge in [-0.1, -0.05) is 60.4 Å². The normalized spacial score (nSPS) is 9.93. The third kappa shape index (κ3) is 5.30. The van der Waals surface area contributed by atoms with Gasteiger partial charge in [-0.3, -0.25) is 9.59 Å². The molecule has 0 aliphatic rings. The van der Waals surface area contributed by atoms with E-state index in [4.69, 9.17) is 4.74 Å². The summed E-state index contributed by atoms with van der Waals surface area (Å²) >= 11 is 0. The summed E-state index contributed by atoms with van der Waals surface area (Å²) < 4.78 is 31.4. The van der Waals surface area contributed by atoms with Gasteiger partial charge in [0.1, 0.15) is 12.4 Å². The first-order valence-corrected chi connectivity index (χ1v) is 9.07. The summed E-state index contributed by atoms with van der Waals surface area (Å²) in [7, 11) is 0. The minimum atomic E-state index is -0.815. The van der Waals surface area contributed by atoms with Crippen LogP contribution in [0, 0.1) is 23.5 Å². The highest BCUT2D eigenvalue weighted by Gasteiger charge is 2.17. The van der Waals surface area contributed by atoms with Gasteiger partial charge in [0, 0.05) is 17.2 Å². The monoisotopic (exact) mass is 405 g/mol. The molecule has 0 bridgehead atoms. The highest BCUT2D eigenvalue weighted by atomic mass is 19.1. The molecule has 0 radical (unpaired) electrons. The largest absolute Gasteiger partial charge is 0.478 e. The molecule has 0 unspecified atom stereocenters. The number of hydrogen-bond acceptors (Lipinski definition) is 3. The first-order valence-electron chi connectivity index (χ1n) is 9.07. The van der Waals surface area contributed by atoms with Gasteiger partial charge in [-0.15, -0.1) is 0 Å². The molecule has 3 rings (SSSR count). The fraction of sp³-hybridized carbons (Fsp3) is 0.0833. The average Bonchev–Trinajstić information content (AvgIpc) is 2.77. The first-order chi connectivity index (χ1) is 14.6. The number of nitrogens with one attached hydrogen (secondary N) is 1. The van der Waals surface area contributed by atoms with Crippen molar-refractivity contribution >= 4 is 11.7 Å².